The topological polar surface area (TPSA) is 24.1 Å². The fourth-order valence-corrected chi connectivity index (χ4v) is 2.88. The number of benzene rings is 1. The second-order valence-corrected chi connectivity index (χ2v) is 5.74. The van der Waals surface area contributed by atoms with Gasteiger partial charge in [-0.2, -0.15) is 13.2 Å². The number of hydrogen-bond donors (Lipinski definition) is 2. The summed E-state index contributed by atoms with van der Waals surface area (Å²) in [5.41, 5.74) is -0.703. The highest BCUT2D eigenvalue weighted by Crippen LogP contribution is 2.34. The van der Waals surface area contributed by atoms with E-state index >= 15 is 0 Å². The summed E-state index contributed by atoms with van der Waals surface area (Å²) in [7, 11) is 0. The maximum Gasteiger partial charge on any atom is 0.418 e. The Bertz CT molecular complexity index is 480. The number of alkyl halides is 3. The van der Waals surface area contributed by atoms with Crippen LogP contribution in [0.2, 0.25) is 0 Å². The minimum absolute atomic E-state index is 0.00359. The molecule has 0 saturated heterocycles. The molecule has 116 valence electrons. The molecule has 6 heteroatoms. The van der Waals surface area contributed by atoms with Crippen LogP contribution < -0.4 is 10.6 Å². The third-order valence-corrected chi connectivity index (χ3v) is 3.89. The summed E-state index contributed by atoms with van der Waals surface area (Å²) in [6.45, 7) is 0. The normalized spacial score (nSPS) is 17.1. The Kier molecular flexibility index (Phi) is 5.45. The van der Waals surface area contributed by atoms with Crippen LogP contribution in [-0.4, -0.2) is 11.2 Å². The molecule has 0 radical (unpaired) electrons. The molecule has 0 bridgehead atoms. The van der Waals surface area contributed by atoms with E-state index in [9.17, 15) is 13.2 Å². The van der Waals surface area contributed by atoms with Gasteiger partial charge in [0.1, 0.15) is 0 Å². The van der Waals surface area contributed by atoms with Gasteiger partial charge in [-0.25, -0.2) is 0 Å². The third-order valence-electron chi connectivity index (χ3n) is 3.67. The Labute approximate surface area is 128 Å². The smallest absolute Gasteiger partial charge is 0.360 e. The van der Waals surface area contributed by atoms with Gasteiger partial charge in [0.2, 0.25) is 0 Å². The molecule has 2 nitrogen and oxygen atoms in total. The number of nitrogens with one attached hydrogen (secondary N) is 2. The second-order valence-electron chi connectivity index (χ2n) is 5.33. The lowest BCUT2D eigenvalue weighted by molar-refractivity contribution is -0.136. The molecule has 0 aromatic heterocycles. The molecule has 21 heavy (non-hydrogen) atoms. The molecule has 1 aromatic carbocycles. The second kappa shape index (κ2) is 7.11. The molecule has 1 saturated carbocycles. The standard InChI is InChI=1S/C15H19F3N2S/c16-15(17,18)12-9-5-6-10-13(12)20-14(21)19-11-7-3-1-2-4-8-11/h5-6,9-11H,1-4,7-8H2,(H2,19,20,21). The lowest BCUT2D eigenvalue weighted by Crippen LogP contribution is -2.37. The van der Waals surface area contributed by atoms with Gasteiger partial charge in [-0.05, 0) is 37.2 Å². The molecule has 0 amide bonds. The Morgan fingerprint density at radius 2 is 1.67 bits per heavy atom. The van der Waals surface area contributed by atoms with Crippen molar-refractivity contribution in [2.45, 2.75) is 50.7 Å². The maximum atomic E-state index is 12.9. The molecule has 1 aliphatic rings. The number of halogens is 3. The highest BCUT2D eigenvalue weighted by Gasteiger charge is 2.33. The lowest BCUT2D eigenvalue weighted by atomic mass is 10.1. The summed E-state index contributed by atoms with van der Waals surface area (Å²) < 4.78 is 38.7. The van der Waals surface area contributed by atoms with Crippen LogP contribution in [0.15, 0.2) is 24.3 Å². The van der Waals surface area contributed by atoms with E-state index in [1.807, 2.05) is 0 Å². The van der Waals surface area contributed by atoms with Crippen LogP contribution in [0.25, 0.3) is 0 Å². The van der Waals surface area contributed by atoms with E-state index in [0.717, 1.165) is 31.7 Å². The van der Waals surface area contributed by atoms with Crippen LogP contribution in [0.3, 0.4) is 0 Å². The largest absolute Gasteiger partial charge is 0.418 e. The number of para-hydroxylation sites is 1. The van der Waals surface area contributed by atoms with E-state index in [-0.39, 0.29) is 16.8 Å². The predicted octanol–water partition coefficient (Wildman–Crippen LogP) is 4.71. The van der Waals surface area contributed by atoms with Gasteiger partial charge >= 0.3 is 6.18 Å². The van der Waals surface area contributed by atoms with E-state index < -0.39 is 11.7 Å². The molecular weight excluding hydrogens is 297 g/mol. The van der Waals surface area contributed by atoms with Crippen LogP contribution in [0.4, 0.5) is 18.9 Å². The number of hydrogen-bond acceptors (Lipinski definition) is 1. The Morgan fingerprint density at radius 3 is 2.29 bits per heavy atom. The van der Waals surface area contributed by atoms with Gasteiger partial charge in [0, 0.05) is 6.04 Å². The van der Waals surface area contributed by atoms with Gasteiger partial charge in [0.05, 0.1) is 11.3 Å². The van der Waals surface area contributed by atoms with E-state index in [0.29, 0.717) is 0 Å². The van der Waals surface area contributed by atoms with E-state index in [4.69, 9.17) is 12.2 Å². The molecule has 0 atom stereocenters. The monoisotopic (exact) mass is 316 g/mol. The van der Waals surface area contributed by atoms with Gasteiger partial charge in [0.15, 0.2) is 5.11 Å². The number of anilines is 1. The fourth-order valence-electron chi connectivity index (χ4n) is 2.61. The average Bonchev–Trinajstić information content (AvgIpc) is 2.66. The molecule has 0 heterocycles. The molecule has 0 aliphatic heterocycles. The summed E-state index contributed by atoms with van der Waals surface area (Å²) in [4.78, 5) is 0. The first-order valence-electron chi connectivity index (χ1n) is 7.20. The van der Waals surface area contributed by atoms with Gasteiger partial charge in [-0.3, -0.25) is 0 Å². The number of thiocarbonyl (C=S) groups is 1. The summed E-state index contributed by atoms with van der Waals surface area (Å²) in [6, 6.07) is 5.63. The quantitative estimate of drug-likeness (QED) is 0.610. The molecule has 1 fully saturated rings. The molecule has 0 unspecified atom stereocenters. The van der Waals surface area contributed by atoms with Gasteiger partial charge in [-0.1, -0.05) is 37.8 Å². The van der Waals surface area contributed by atoms with E-state index in [2.05, 4.69) is 10.6 Å². The zero-order valence-electron chi connectivity index (χ0n) is 11.7. The van der Waals surface area contributed by atoms with Crippen molar-refractivity contribution < 1.29 is 13.2 Å². The van der Waals surface area contributed by atoms with Crippen molar-refractivity contribution >= 4 is 23.0 Å². The van der Waals surface area contributed by atoms with Crippen molar-refractivity contribution in [1.29, 1.82) is 0 Å². The van der Waals surface area contributed by atoms with Crippen molar-refractivity contribution in [1.82, 2.24) is 5.32 Å². The first-order valence-corrected chi connectivity index (χ1v) is 7.61. The van der Waals surface area contributed by atoms with Gasteiger partial charge in [0.25, 0.3) is 0 Å². The van der Waals surface area contributed by atoms with Crippen molar-refractivity contribution in [3.63, 3.8) is 0 Å². The van der Waals surface area contributed by atoms with Crippen LogP contribution in [0, 0.1) is 0 Å². The Balaban J connectivity index is 1.99. The van der Waals surface area contributed by atoms with Crippen molar-refractivity contribution in [2.24, 2.45) is 0 Å². The summed E-state index contributed by atoms with van der Waals surface area (Å²) in [6.07, 6.45) is 2.36. The average molecular weight is 316 g/mol. The minimum Gasteiger partial charge on any atom is -0.360 e. The van der Waals surface area contributed by atoms with Crippen molar-refractivity contribution in [2.75, 3.05) is 5.32 Å². The Morgan fingerprint density at radius 1 is 1.05 bits per heavy atom. The first kappa shape index (κ1) is 16.1. The maximum absolute atomic E-state index is 12.9. The SMILES string of the molecule is FC(F)(F)c1ccccc1NC(=S)NC1CCCCCC1. The lowest BCUT2D eigenvalue weighted by Gasteiger charge is -2.20. The molecule has 0 spiro atoms. The molecular formula is C15H19F3N2S. The summed E-state index contributed by atoms with van der Waals surface area (Å²) in [5.74, 6) is 0. The predicted molar refractivity (Wildman–Crippen MR) is 82.3 cm³/mol. The van der Waals surface area contributed by atoms with Gasteiger partial charge < -0.3 is 10.6 Å². The zero-order valence-corrected chi connectivity index (χ0v) is 12.5. The number of rotatable bonds is 2. The molecule has 1 aromatic rings. The van der Waals surface area contributed by atoms with Crippen molar-refractivity contribution in [3.8, 4) is 0 Å². The zero-order chi connectivity index (χ0) is 15.3. The van der Waals surface area contributed by atoms with Crippen LogP contribution in [0.5, 0.6) is 0 Å². The molecule has 1 aliphatic carbocycles. The Hall–Kier alpha value is -1.30. The minimum atomic E-state index is -4.39. The first-order chi connectivity index (χ1) is 9.97. The van der Waals surface area contributed by atoms with Gasteiger partial charge in [-0.15, -0.1) is 0 Å². The fraction of sp³-hybridized carbons (Fsp3) is 0.533. The van der Waals surface area contributed by atoms with Crippen LogP contribution >= 0.6 is 12.2 Å². The molecule has 2 N–H and O–H groups in total. The summed E-state index contributed by atoms with van der Waals surface area (Å²) in [5, 5.41) is 6.09. The summed E-state index contributed by atoms with van der Waals surface area (Å²) >= 11 is 5.15. The molecule has 2 rings (SSSR count). The van der Waals surface area contributed by atoms with Crippen LogP contribution in [-0.2, 0) is 6.18 Å². The highest BCUT2D eigenvalue weighted by molar-refractivity contribution is 7.80. The van der Waals surface area contributed by atoms with E-state index in [1.165, 1.54) is 25.0 Å². The third kappa shape index (κ3) is 4.88. The van der Waals surface area contributed by atoms with E-state index in [1.54, 1.807) is 6.07 Å². The highest BCUT2D eigenvalue weighted by atomic mass is 32.1. The van der Waals surface area contributed by atoms with Crippen LogP contribution in [0.1, 0.15) is 44.1 Å². The van der Waals surface area contributed by atoms with Crippen molar-refractivity contribution in [3.05, 3.63) is 29.8 Å².